The van der Waals surface area contributed by atoms with Crippen LogP contribution in [0.2, 0.25) is 0 Å². The van der Waals surface area contributed by atoms with Gasteiger partial charge in [-0.1, -0.05) is 38.8 Å². The Morgan fingerprint density at radius 2 is 1.29 bits per heavy atom. The standard InChI is InChI=1S/C23H22Br2O3/c1-14-8-17(10-15-12-19(24)4-6-21(15)27-2)23(26)18(9-14)11-16-13-20(25)5-7-22(16)28-3/h4-7,10-14H,8-9H2,1-3H3/b17-10+,18-11+. The van der Waals surface area contributed by atoms with Crippen LogP contribution in [0.15, 0.2) is 56.5 Å². The summed E-state index contributed by atoms with van der Waals surface area (Å²) in [5.74, 6) is 1.97. The molecule has 1 saturated carbocycles. The van der Waals surface area contributed by atoms with Crippen molar-refractivity contribution in [1.82, 2.24) is 0 Å². The Labute approximate surface area is 182 Å². The molecule has 2 aromatic carbocycles. The number of methoxy groups -OCH3 is 2. The van der Waals surface area contributed by atoms with Crippen LogP contribution in [0.3, 0.4) is 0 Å². The van der Waals surface area contributed by atoms with E-state index in [1.807, 2.05) is 48.6 Å². The number of allylic oxidation sites excluding steroid dienone is 2. The van der Waals surface area contributed by atoms with Crippen LogP contribution in [0.4, 0.5) is 0 Å². The SMILES string of the molecule is COc1ccc(Br)cc1/C=C1\CC(C)C/C(=C\c2cc(Br)ccc2OC)C1=O. The fourth-order valence-electron chi connectivity index (χ4n) is 3.47. The molecule has 0 spiro atoms. The van der Waals surface area contributed by atoms with Crippen molar-refractivity contribution in [1.29, 1.82) is 0 Å². The number of carbonyl (C=O) groups excluding carboxylic acids is 1. The first-order valence-corrected chi connectivity index (χ1v) is 10.6. The highest BCUT2D eigenvalue weighted by molar-refractivity contribution is 9.10. The van der Waals surface area contributed by atoms with Gasteiger partial charge in [-0.15, -0.1) is 0 Å². The van der Waals surface area contributed by atoms with E-state index in [1.54, 1.807) is 14.2 Å². The molecule has 2 aromatic rings. The van der Waals surface area contributed by atoms with Crippen LogP contribution in [-0.4, -0.2) is 20.0 Å². The monoisotopic (exact) mass is 504 g/mol. The topological polar surface area (TPSA) is 35.5 Å². The van der Waals surface area contributed by atoms with Gasteiger partial charge in [0, 0.05) is 31.2 Å². The second-order valence-corrected chi connectivity index (χ2v) is 8.79. The minimum atomic E-state index is 0.0853. The van der Waals surface area contributed by atoms with E-state index in [0.29, 0.717) is 5.92 Å². The van der Waals surface area contributed by atoms with Gasteiger partial charge in [0.05, 0.1) is 14.2 Å². The predicted molar refractivity (Wildman–Crippen MR) is 121 cm³/mol. The predicted octanol–water partition coefficient (Wildman–Crippen LogP) is 6.69. The maximum atomic E-state index is 13.2. The molecule has 1 fully saturated rings. The lowest BCUT2D eigenvalue weighted by atomic mass is 9.80. The van der Waals surface area contributed by atoms with Gasteiger partial charge < -0.3 is 9.47 Å². The largest absolute Gasteiger partial charge is 0.496 e. The number of Topliss-reactive ketones (excluding diaryl/α,β-unsaturated/α-hetero) is 1. The van der Waals surface area contributed by atoms with Crippen LogP contribution >= 0.6 is 31.9 Å². The molecule has 1 aliphatic rings. The summed E-state index contributed by atoms with van der Waals surface area (Å²) in [6.45, 7) is 2.17. The Morgan fingerprint density at radius 1 is 0.857 bits per heavy atom. The van der Waals surface area contributed by atoms with Crippen LogP contribution in [0.5, 0.6) is 11.5 Å². The molecule has 1 aliphatic carbocycles. The average molecular weight is 506 g/mol. The van der Waals surface area contributed by atoms with Gasteiger partial charge in [-0.25, -0.2) is 0 Å². The number of rotatable bonds is 4. The van der Waals surface area contributed by atoms with Gasteiger partial charge in [-0.3, -0.25) is 4.79 Å². The van der Waals surface area contributed by atoms with Gasteiger partial charge >= 0.3 is 0 Å². The van der Waals surface area contributed by atoms with E-state index < -0.39 is 0 Å². The van der Waals surface area contributed by atoms with Crippen molar-refractivity contribution in [3.8, 4) is 11.5 Å². The van der Waals surface area contributed by atoms with Crippen LogP contribution in [-0.2, 0) is 4.79 Å². The highest BCUT2D eigenvalue weighted by atomic mass is 79.9. The van der Waals surface area contributed by atoms with E-state index in [2.05, 4.69) is 38.8 Å². The zero-order chi connectivity index (χ0) is 20.3. The molecule has 0 aromatic heterocycles. The molecule has 0 bridgehead atoms. The fraction of sp³-hybridized carbons (Fsp3) is 0.261. The first-order valence-electron chi connectivity index (χ1n) is 9.04. The minimum absolute atomic E-state index is 0.0853. The molecule has 28 heavy (non-hydrogen) atoms. The lowest BCUT2D eigenvalue weighted by molar-refractivity contribution is -0.113. The van der Waals surface area contributed by atoms with E-state index in [1.165, 1.54) is 0 Å². The highest BCUT2D eigenvalue weighted by Crippen LogP contribution is 2.35. The summed E-state index contributed by atoms with van der Waals surface area (Å²) < 4.78 is 12.8. The third-order valence-electron chi connectivity index (χ3n) is 4.76. The van der Waals surface area contributed by atoms with E-state index in [4.69, 9.17) is 9.47 Å². The summed E-state index contributed by atoms with van der Waals surface area (Å²) in [4.78, 5) is 13.2. The maximum Gasteiger partial charge on any atom is 0.185 e. The van der Waals surface area contributed by atoms with Gasteiger partial charge in [0.25, 0.3) is 0 Å². The number of carbonyl (C=O) groups is 1. The number of hydrogen-bond donors (Lipinski definition) is 0. The Kier molecular flexibility index (Phi) is 6.78. The van der Waals surface area contributed by atoms with Crippen LogP contribution < -0.4 is 9.47 Å². The lowest BCUT2D eigenvalue weighted by Gasteiger charge is -2.23. The second kappa shape index (κ2) is 9.10. The molecule has 0 amide bonds. The molecular formula is C23H22Br2O3. The molecule has 0 atom stereocenters. The molecule has 3 rings (SSSR count). The summed E-state index contributed by atoms with van der Waals surface area (Å²) in [7, 11) is 3.28. The normalized spacial score (nSPS) is 19.9. The van der Waals surface area contributed by atoms with Crippen LogP contribution in [0.25, 0.3) is 12.2 Å². The van der Waals surface area contributed by atoms with Crippen molar-refractivity contribution in [3.63, 3.8) is 0 Å². The van der Waals surface area contributed by atoms with Crippen LogP contribution in [0, 0.1) is 5.92 Å². The van der Waals surface area contributed by atoms with Crippen molar-refractivity contribution in [2.45, 2.75) is 19.8 Å². The third kappa shape index (κ3) is 4.76. The third-order valence-corrected chi connectivity index (χ3v) is 5.75. The highest BCUT2D eigenvalue weighted by Gasteiger charge is 2.26. The molecule has 5 heteroatoms. The van der Waals surface area contributed by atoms with Gasteiger partial charge in [0.2, 0.25) is 0 Å². The average Bonchev–Trinajstić information content (AvgIpc) is 2.66. The van der Waals surface area contributed by atoms with E-state index in [0.717, 1.165) is 55.6 Å². The molecule has 0 radical (unpaired) electrons. The molecule has 3 nitrogen and oxygen atoms in total. The first-order chi connectivity index (χ1) is 13.4. The molecule has 0 heterocycles. The number of benzene rings is 2. The Bertz CT molecular complexity index is 885. The molecule has 0 unspecified atom stereocenters. The zero-order valence-electron chi connectivity index (χ0n) is 16.1. The van der Waals surface area contributed by atoms with Gasteiger partial charge in [-0.2, -0.15) is 0 Å². The summed E-state index contributed by atoms with van der Waals surface area (Å²) in [6.07, 6.45) is 5.41. The first kappa shape index (κ1) is 20.9. The van der Waals surface area contributed by atoms with Crippen molar-refractivity contribution >= 4 is 49.8 Å². The summed E-state index contributed by atoms with van der Waals surface area (Å²) in [5.41, 5.74) is 3.40. The Balaban J connectivity index is 2.02. The van der Waals surface area contributed by atoms with Crippen molar-refractivity contribution in [2.75, 3.05) is 14.2 Å². The molecule has 0 saturated heterocycles. The molecular weight excluding hydrogens is 484 g/mol. The smallest absolute Gasteiger partial charge is 0.185 e. The Morgan fingerprint density at radius 3 is 1.68 bits per heavy atom. The quantitative estimate of drug-likeness (QED) is 0.434. The summed E-state index contributed by atoms with van der Waals surface area (Å²) in [5, 5.41) is 0. The molecule has 0 aliphatic heterocycles. The van der Waals surface area contributed by atoms with Crippen molar-refractivity contribution in [2.24, 2.45) is 5.92 Å². The number of halogens is 2. The Hall–Kier alpha value is -1.85. The number of ketones is 1. The van der Waals surface area contributed by atoms with Gasteiger partial charge in [0.15, 0.2) is 5.78 Å². The second-order valence-electron chi connectivity index (χ2n) is 6.95. The minimum Gasteiger partial charge on any atom is -0.496 e. The molecule has 146 valence electrons. The van der Waals surface area contributed by atoms with Crippen molar-refractivity contribution < 1.29 is 14.3 Å². The zero-order valence-corrected chi connectivity index (χ0v) is 19.3. The number of ether oxygens (including phenoxy) is 2. The van der Waals surface area contributed by atoms with E-state index in [-0.39, 0.29) is 5.78 Å². The molecule has 0 N–H and O–H groups in total. The van der Waals surface area contributed by atoms with Crippen LogP contribution in [0.1, 0.15) is 30.9 Å². The summed E-state index contributed by atoms with van der Waals surface area (Å²) >= 11 is 6.99. The van der Waals surface area contributed by atoms with Gasteiger partial charge in [-0.05, 0) is 67.3 Å². The lowest BCUT2D eigenvalue weighted by Crippen LogP contribution is -2.18. The number of hydrogen-bond acceptors (Lipinski definition) is 3. The van der Waals surface area contributed by atoms with Crippen molar-refractivity contribution in [3.05, 3.63) is 67.6 Å². The van der Waals surface area contributed by atoms with E-state index in [9.17, 15) is 4.79 Å². The fourth-order valence-corrected chi connectivity index (χ4v) is 4.23. The maximum absolute atomic E-state index is 13.2. The van der Waals surface area contributed by atoms with E-state index >= 15 is 0 Å². The van der Waals surface area contributed by atoms with Gasteiger partial charge in [0.1, 0.15) is 11.5 Å². The summed E-state index contributed by atoms with van der Waals surface area (Å²) in [6, 6.07) is 11.6.